The van der Waals surface area contributed by atoms with Gasteiger partial charge in [0.1, 0.15) is 0 Å². The van der Waals surface area contributed by atoms with Gasteiger partial charge in [-0.15, -0.1) is 0 Å². The van der Waals surface area contributed by atoms with Crippen LogP contribution in [0.3, 0.4) is 0 Å². The predicted molar refractivity (Wildman–Crippen MR) is 54.5 cm³/mol. The molecule has 15 heavy (non-hydrogen) atoms. The van der Waals surface area contributed by atoms with Gasteiger partial charge in [0.2, 0.25) is 0 Å². The molecule has 1 rings (SSSR count). The minimum absolute atomic E-state index is 0.0414. The molecule has 0 saturated carbocycles. The van der Waals surface area contributed by atoms with E-state index in [1.54, 1.807) is 0 Å². The van der Waals surface area contributed by atoms with E-state index in [-0.39, 0.29) is 24.0 Å². The van der Waals surface area contributed by atoms with E-state index in [0.717, 1.165) is 19.3 Å². The van der Waals surface area contributed by atoms with Gasteiger partial charge in [0.25, 0.3) is 0 Å². The predicted octanol–water partition coefficient (Wildman–Crippen LogP) is 0.445. The molecule has 1 saturated heterocycles. The molecule has 1 unspecified atom stereocenters. The van der Waals surface area contributed by atoms with Crippen LogP contribution in [-0.2, 0) is 19.4 Å². The lowest BCUT2D eigenvalue weighted by Gasteiger charge is -2.22. The van der Waals surface area contributed by atoms with E-state index in [1.807, 2.05) is 0 Å². The van der Waals surface area contributed by atoms with Crippen molar-refractivity contribution in [1.82, 2.24) is 0 Å². The van der Waals surface area contributed by atoms with Crippen molar-refractivity contribution in [1.29, 1.82) is 0 Å². The first kappa shape index (κ1) is 12.4. The molecule has 6 heteroatoms. The molecule has 0 radical (unpaired) electrons. The third kappa shape index (κ3) is 5.13. The maximum atomic E-state index is 11.5. The summed E-state index contributed by atoms with van der Waals surface area (Å²) in [5, 5.41) is 8.39. The van der Waals surface area contributed by atoms with Crippen LogP contribution in [0.2, 0.25) is 0 Å². The second-order valence-corrected chi connectivity index (χ2v) is 5.98. The van der Waals surface area contributed by atoms with Crippen LogP contribution in [-0.4, -0.2) is 43.7 Å². The molecular weight excluding hydrogens is 220 g/mol. The fourth-order valence-electron chi connectivity index (χ4n) is 1.55. The van der Waals surface area contributed by atoms with Crippen molar-refractivity contribution in [3.05, 3.63) is 0 Å². The summed E-state index contributed by atoms with van der Waals surface area (Å²) < 4.78 is 28.2. The van der Waals surface area contributed by atoms with Crippen LogP contribution >= 0.6 is 0 Å². The summed E-state index contributed by atoms with van der Waals surface area (Å²) in [6, 6.07) is 0. The number of rotatable bonds is 5. The van der Waals surface area contributed by atoms with Crippen LogP contribution in [0, 0.1) is 0 Å². The topological polar surface area (TPSA) is 80.7 Å². The van der Waals surface area contributed by atoms with Gasteiger partial charge in [0, 0.05) is 6.61 Å². The summed E-state index contributed by atoms with van der Waals surface area (Å²) in [6.07, 6.45) is 2.16. The minimum atomic E-state index is -3.28. The second kappa shape index (κ2) is 5.46. The largest absolute Gasteiger partial charge is 0.481 e. The van der Waals surface area contributed by atoms with E-state index in [2.05, 4.69) is 0 Å². The number of carboxylic acid groups (broad SMARTS) is 1. The molecular formula is C9H16O5S. The number of hydrogen-bond acceptors (Lipinski definition) is 4. The molecule has 5 nitrogen and oxygen atoms in total. The van der Waals surface area contributed by atoms with E-state index >= 15 is 0 Å². The van der Waals surface area contributed by atoms with Crippen molar-refractivity contribution in [2.45, 2.75) is 31.8 Å². The fourth-order valence-corrected chi connectivity index (χ4v) is 3.03. The lowest BCUT2D eigenvalue weighted by molar-refractivity contribution is -0.136. The van der Waals surface area contributed by atoms with Gasteiger partial charge < -0.3 is 9.84 Å². The first-order chi connectivity index (χ1) is 6.99. The Hall–Kier alpha value is -0.620. The van der Waals surface area contributed by atoms with Gasteiger partial charge in [-0.1, -0.05) is 0 Å². The van der Waals surface area contributed by atoms with Crippen molar-refractivity contribution < 1.29 is 23.1 Å². The zero-order valence-corrected chi connectivity index (χ0v) is 9.33. The number of sulfone groups is 1. The quantitative estimate of drug-likeness (QED) is 0.749. The highest BCUT2D eigenvalue weighted by atomic mass is 32.2. The molecule has 0 aromatic rings. The first-order valence-corrected chi connectivity index (χ1v) is 6.85. The molecule has 0 amide bonds. The maximum Gasteiger partial charge on any atom is 0.304 e. The van der Waals surface area contributed by atoms with Gasteiger partial charge in [-0.25, -0.2) is 8.42 Å². The van der Waals surface area contributed by atoms with Gasteiger partial charge in [-0.2, -0.15) is 0 Å². The molecule has 1 aliphatic rings. The molecule has 0 bridgehead atoms. The van der Waals surface area contributed by atoms with Crippen molar-refractivity contribution in [3.8, 4) is 0 Å². The monoisotopic (exact) mass is 236 g/mol. The molecule has 1 aliphatic heterocycles. The maximum absolute atomic E-state index is 11.5. The van der Waals surface area contributed by atoms with Crippen molar-refractivity contribution >= 4 is 15.8 Å². The highest BCUT2D eigenvalue weighted by Crippen LogP contribution is 2.14. The van der Waals surface area contributed by atoms with E-state index in [0.29, 0.717) is 6.61 Å². The highest BCUT2D eigenvalue weighted by Gasteiger charge is 2.22. The number of carbonyl (C=O) groups is 1. The van der Waals surface area contributed by atoms with Gasteiger partial charge in [0.15, 0.2) is 9.84 Å². The highest BCUT2D eigenvalue weighted by molar-refractivity contribution is 7.91. The lowest BCUT2D eigenvalue weighted by atomic mass is 10.1. The van der Waals surface area contributed by atoms with Crippen LogP contribution in [0.5, 0.6) is 0 Å². The molecule has 0 aromatic carbocycles. The van der Waals surface area contributed by atoms with E-state index in [9.17, 15) is 13.2 Å². The smallest absolute Gasteiger partial charge is 0.304 e. The third-order valence-electron chi connectivity index (χ3n) is 2.34. The Morgan fingerprint density at radius 1 is 1.40 bits per heavy atom. The van der Waals surface area contributed by atoms with Gasteiger partial charge in [-0.3, -0.25) is 4.79 Å². The second-order valence-electron chi connectivity index (χ2n) is 3.75. The zero-order valence-electron chi connectivity index (χ0n) is 8.52. The van der Waals surface area contributed by atoms with Crippen molar-refractivity contribution in [3.63, 3.8) is 0 Å². The fraction of sp³-hybridized carbons (Fsp3) is 0.889. The Bertz CT molecular complexity index is 302. The van der Waals surface area contributed by atoms with E-state index in [1.165, 1.54) is 0 Å². The summed E-state index contributed by atoms with van der Waals surface area (Å²) in [4.78, 5) is 10.2. The molecule has 1 heterocycles. The summed E-state index contributed by atoms with van der Waals surface area (Å²) in [6.45, 7) is 0.610. The summed E-state index contributed by atoms with van der Waals surface area (Å²) in [5.74, 6) is -1.41. The number of carboxylic acids is 1. The molecule has 1 atom stereocenters. The number of aliphatic carboxylic acids is 1. The van der Waals surface area contributed by atoms with Crippen LogP contribution in [0.1, 0.15) is 25.7 Å². The van der Waals surface area contributed by atoms with Crippen LogP contribution in [0.15, 0.2) is 0 Å². The number of ether oxygens (including phenoxy) is 1. The summed E-state index contributed by atoms with van der Waals surface area (Å²) in [5.41, 5.74) is 0. The average Bonchev–Trinajstić information content (AvgIpc) is 2.16. The van der Waals surface area contributed by atoms with E-state index in [4.69, 9.17) is 9.84 Å². The molecule has 1 N–H and O–H groups in total. The Morgan fingerprint density at radius 3 is 2.67 bits per heavy atom. The Morgan fingerprint density at radius 2 is 2.13 bits per heavy atom. The van der Waals surface area contributed by atoms with Gasteiger partial charge in [-0.05, 0) is 19.3 Å². The number of hydrogen-bond donors (Lipinski definition) is 1. The summed E-state index contributed by atoms with van der Waals surface area (Å²) in [7, 11) is -3.28. The molecule has 1 fully saturated rings. The molecule has 0 aromatic heterocycles. The first-order valence-electron chi connectivity index (χ1n) is 5.03. The molecule has 88 valence electrons. The third-order valence-corrected chi connectivity index (χ3v) is 4.05. The minimum Gasteiger partial charge on any atom is -0.481 e. The zero-order chi connectivity index (χ0) is 11.3. The SMILES string of the molecule is O=C(O)CCS(=O)(=O)CC1CCCCO1. The summed E-state index contributed by atoms with van der Waals surface area (Å²) >= 11 is 0. The van der Waals surface area contributed by atoms with Crippen molar-refractivity contribution in [2.24, 2.45) is 0 Å². The molecule has 0 spiro atoms. The van der Waals surface area contributed by atoms with Crippen LogP contribution in [0.25, 0.3) is 0 Å². The van der Waals surface area contributed by atoms with Gasteiger partial charge >= 0.3 is 5.97 Å². The van der Waals surface area contributed by atoms with Crippen LogP contribution < -0.4 is 0 Å². The molecule has 0 aliphatic carbocycles. The normalized spacial score (nSPS) is 22.5. The van der Waals surface area contributed by atoms with Crippen molar-refractivity contribution in [2.75, 3.05) is 18.1 Å². The Balaban J connectivity index is 2.37. The van der Waals surface area contributed by atoms with E-state index < -0.39 is 15.8 Å². The average molecular weight is 236 g/mol. The standard InChI is InChI=1S/C9H16O5S/c10-9(11)4-6-15(12,13)7-8-3-1-2-5-14-8/h8H,1-7H2,(H,10,11). The Kier molecular flexibility index (Phi) is 4.53. The van der Waals surface area contributed by atoms with Crippen LogP contribution in [0.4, 0.5) is 0 Å². The van der Waals surface area contributed by atoms with Gasteiger partial charge in [0.05, 0.1) is 24.0 Å². The Labute approximate surface area is 89.3 Å². The lowest BCUT2D eigenvalue weighted by Crippen LogP contribution is -2.29.